The standard InChI is InChI=1S/C27H29F6N5O2/c28-26(29,30)18-9-12-24(34-14-18)38-13-3-4-19(16-38)36-21-5-1-2-6-22(21)37-25-35-15-23(39-25)17-7-10-20(11-8-17)40-27(31,32)33/h7-12,14-15,19,21-22,36H,1-6,13,16H2,(H,35,37)/t19-,21+,22+/m0/s1. The van der Waals surface area contributed by atoms with E-state index in [4.69, 9.17) is 4.42 Å². The number of aromatic nitrogens is 2. The minimum absolute atomic E-state index is 0.0439. The van der Waals surface area contributed by atoms with Crippen molar-refractivity contribution in [1.29, 1.82) is 0 Å². The molecule has 0 spiro atoms. The van der Waals surface area contributed by atoms with Crippen molar-refractivity contribution in [2.75, 3.05) is 23.3 Å². The summed E-state index contributed by atoms with van der Waals surface area (Å²) in [7, 11) is 0. The monoisotopic (exact) mass is 569 g/mol. The lowest BCUT2D eigenvalue weighted by molar-refractivity contribution is -0.274. The molecular formula is C27H29F6N5O2. The van der Waals surface area contributed by atoms with Crippen LogP contribution in [-0.2, 0) is 6.18 Å². The van der Waals surface area contributed by atoms with Gasteiger partial charge in [-0.1, -0.05) is 12.8 Å². The molecule has 7 nitrogen and oxygen atoms in total. The first kappa shape index (κ1) is 28.1. The van der Waals surface area contributed by atoms with E-state index in [1.165, 1.54) is 36.5 Å². The predicted molar refractivity (Wildman–Crippen MR) is 136 cm³/mol. The van der Waals surface area contributed by atoms with Crippen molar-refractivity contribution in [2.24, 2.45) is 0 Å². The maximum Gasteiger partial charge on any atom is 0.573 e. The van der Waals surface area contributed by atoms with E-state index in [1.54, 1.807) is 0 Å². The number of piperidine rings is 1. The second-order valence-electron chi connectivity index (χ2n) is 10.1. The van der Waals surface area contributed by atoms with Crippen LogP contribution in [0.5, 0.6) is 5.75 Å². The lowest BCUT2D eigenvalue weighted by Gasteiger charge is -2.39. The second kappa shape index (κ2) is 11.6. The summed E-state index contributed by atoms with van der Waals surface area (Å²) in [6, 6.07) is 8.50. The summed E-state index contributed by atoms with van der Waals surface area (Å²) in [5.41, 5.74) is -0.200. The van der Waals surface area contributed by atoms with Crippen molar-refractivity contribution in [3.8, 4) is 17.1 Å². The third-order valence-corrected chi connectivity index (χ3v) is 7.22. The second-order valence-corrected chi connectivity index (χ2v) is 10.1. The van der Waals surface area contributed by atoms with Crippen LogP contribution in [0.2, 0.25) is 0 Å². The Morgan fingerprint density at radius 1 is 0.850 bits per heavy atom. The molecule has 3 atom stereocenters. The van der Waals surface area contributed by atoms with Crippen LogP contribution in [-0.4, -0.2) is 47.5 Å². The maximum absolute atomic E-state index is 12.9. The summed E-state index contributed by atoms with van der Waals surface area (Å²) in [5, 5.41) is 7.11. The molecule has 3 aromatic rings. The minimum atomic E-state index is -4.76. The Labute approximate surface area is 226 Å². The van der Waals surface area contributed by atoms with E-state index in [0.29, 0.717) is 29.7 Å². The zero-order valence-electron chi connectivity index (χ0n) is 21.4. The number of ether oxygens (including phenoxy) is 1. The highest BCUT2D eigenvalue weighted by atomic mass is 19.4. The van der Waals surface area contributed by atoms with Crippen molar-refractivity contribution in [2.45, 2.75) is 69.2 Å². The van der Waals surface area contributed by atoms with Gasteiger partial charge in [-0.25, -0.2) is 9.97 Å². The van der Waals surface area contributed by atoms with Crippen LogP contribution in [0, 0.1) is 0 Å². The van der Waals surface area contributed by atoms with E-state index >= 15 is 0 Å². The molecule has 13 heteroatoms. The molecule has 0 unspecified atom stereocenters. The Bertz CT molecular complexity index is 1250. The molecular weight excluding hydrogens is 540 g/mol. The number of anilines is 2. The van der Waals surface area contributed by atoms with Gasteiger partial charge in [0.05, 0.1) is 11.8 Å². The number of pyridine rings is 1. The summed E-state index contributed by atoms with van der Waals surface area (Å²) in [4.78, 5) is 10.4. The Hall–Kier alpha value is -3.48. The van der Waals surface area contributed by atoms with Gasteiger partial charge in [0.1, 0.15) is 11.6 Å². The Morgan fingerprint density at radius 2 is 1.60 bits per heavy atom. The Morgan fingerprint density at radius 3 is 2.27 bits per heavy atom. The molecule has 2 aliphatic rings. The van der Waals surface area contributed by atoms with Gasteiger partial charge in [-0.2, -0.15) is 13.2 Å². The highest BCUT2D eigenvalue weighted by Crippen LogP contribution is 2.31. The zero-order chi connectivity index (χ0) is 28.3. The van der Waals surface area contributed by atoms with Gasteiger partial charge in [0, 0.05) is 43.0 Å². The van der Waals surface area contributed by atoms with Gasteiger partial charge in [0.25, 0.3) is 6.01 Å². The molecule has 1 saturated carbocycles. The number of hydrogen-bond donors (Lipinski definition) is 2. The van der Waals surface area contributed by atoms with E-state index in [2.05, 4.69) is 25.3 Å². The number of halogens is 6. The smallest absolute Gasteiger partial charge is 0.424 e. The molecule has 0 amide bonds. The van der Waals surface area contributed by atoms with Gasteiger partial charge in [0.15, 0.2) is 5.76 Å². The summed E-state index contributed by atoms with van der Waals surface area (Å²) >= 11 is 0. The molecule has 0 bridgehead atoms. The third-order valence-electron chi connectivity index (χ3n) is 7.22. The average molecular weight is 570 g/mol. The normalized spacial score (nSPS) is 22.2. The Kier molecular flexibility index (Phi) is 8.11. The van der Waals surface area contributed by atoms with E-state index < -0.39 is 18.1 Å². The number of oxazole rings is 1. The highest BCUT2D eigenvalue weighted by molar-refractivity contribution is 5.58. The number of nitrogens with zero attached hydrogens (tertiary/aromatic N) is 3. The SMILES string of the molecule is FC(F)(F)Oc1ccc(-c2cnc(N[C@@H]3CCCC[C@H]3N[C@H]3CCCN(c4ccc(C(F)(F)F)cn4)C3)o2)cc1. The number of alkyl halides is 6. The average Bonchev–Trinajstić information content (AvgIpc) is 3.38. The van der Waals surface area contributed by atoms with E-state index in [0.717, 1.165) is 57.3 Å². The van der Waals surface area contributed by atoms with Crippen molar-refractivity contribution in [3.63, 3.8) is 0 Å². The number of hydrogen-bond acceptors (Lipinski definition) is 7. The lowest BCUT2D eigenvalue weighted by Crippen LogP contribution is -2.55. The van der Waals surface area contributed by atoms with Gasteiger partial charge in [-0.05, 0) is 62.1 Å². The highest BCUT2D eigenvalue weighted by Gasteiger charge is 2.33. The molecule has 0 radical (unpaired) electrons. The van der Waals surface area contributed by atoms with Crippen molar-refractivity contribution >= 4 is 11.8 Å². The summed E-state index contributed by atoms with van der Waals surface area (Å²) in [6.07, 6.45) is -1.00. The van der Waals surface area contributed by atoms with Crippen LogP contribution >= 0.6 is 0 Å². The first-order chi connectivity index (χ1) is 19.0. The molecule has 40 heavy (non-hydrogen) atoms. The summed E-state index contributed by atoms with van der Waals surface area (Å²) < 4.78 is 85.7. The molecule has 2 aromatic heterocycles. The Balaban J connectivity index is 1.19. The lowest BCUT2D eigenvalue weighted by atomic mass is 9.89. The van der Waals surface area contributed by atoms with E-state index in [1.807, 2.05) is 4.90 Å². The molecule has 1 saturated heterocycles. The van der Waals surface area contributed by atoms with Crippen LogP contribution in [0.4, 0.5) is 38.2 Å². The molecule has 3 heterocycles. The number of nitrogens with one attached hydrogen (secondary N) is 2. The molecule has 1 aliphatic carbocycles. The molecule has 2 fully saturated rings. The molecule has 2 N–H and O–H groups in total. The molecule has 216 valence electrons. The van der Waals surface area contributed by atoms with Crippen molar-refractivity contribution in [1.82, 2.24) is 15.3 Å². The number of rotatable bonds is 7. The molecule has 1 aromatic carbocycles. The maximum atomic E-state index is 12.9. The number of benzene rings is 1. The first-order valence-corrected chi connectivity index (χ1v) is 13.2. The zero-order valence-corrected chi connectivity index (χ0v) is 21.4. The molecule has 1 aliphatic heterocycles. The van der Waals surface area contributed by atoms with E-state index in [-0.39, 0.29) is 23.9 Å². The van der Waals surface area contributed by atoms with Crippen LogP contribution in [0.3, 0.4) is 0 Å². The predicted octanol–water partition coefficient (Wildman–Crippen LogP) is 6.64. The van der Waals surface area contributed by atoms with Crippen LogP contribution in [0.1, 0.15) is 44.1 Å². The van der Waals surface area contributed by atoms with Crippen molar-refractivity contribution < 1.29 is 35.5 Å². The topological polar surface area (TPSA) is 75.5 Å². The van der Waals surface area contributed by atoms with Gasteiger partial charge < -0.3 is 24.7 Å². The third kappa shape index (κ3) is 7.18. The van der Waals surface area contributed by atoms with Gasteiger partial charge in [-0.15, -0.1) is 13.2 Å². The van der Waals surface area contributed by atoms with Gasteiger partial charge in [-0.3, -0.25) is 0 Å². The fraction of sp³-hybridized carbons (Fsp3) is 0.481. The molecule has 5 rings (SSSR count). The minimum Gasteiger partial charge on any atom is -0.424 e. The quantitative estimate of drug-likeness (QED) is 0.309. The summed E-state index contributed by atoms with van der Waals surface area (Å²) in [6.45, 7) is 1.37. The van der Waals surface area contributed by atoms with Crippen LogP contribution in [0.25, 0.3) is 11.3 Å². The van der Waals surface area contributed by atoms with Gasteiger partial charge in [0.2, 0.25) is 0 Å². The fourth-order valence-electron chi connectivity index (χ4n) is 5.32. The van der Waals surface area contributed by atoms with Gasteiger partial charge >= 0.3 is 12.5 Å². The van der Waals surface area contributed by atoms with Crippen LogP contribution < -0.4 is 20.3 Å². The van der Waals surface area contributed by atoms with Crippen LogP contribution in [0.15, 0.2) is 53.2 Å². The summed E-state index contributed by atoms with van der Waals surface area (Å²) in [5.74, 6) is 0.622. The first-order valence-electron chi connectivity index (χ1n) is 13.2. The van der Waals surface area contributed by atoms with E-state index in [9.17, 15) is 26.3 Å². The fourth-order valence-corrected chi connectivity index (χ4v) is 5.32. The van der Waals surface area contributed by atoms with Crippen molar-refractivity contribution in [3.05, 3.63) is 54.4 Å². The largest absolute Gasteiger partial charge is 0.573 e.